The molecule has 3 aromatic heterocycles. The first kappa shape index (κ1) is 24.7. The number of alkyl halides is 3. The van der Waals surface area contributed by atoms with Crippen LogP contribution in [0.15, 0.2) is 30.9 Å². The molecule has 4 rings (SSSR count). The number of nitrogens with one attached hydrogen (secondary N) is 3. The second-order valence-corrected chi connectivity index (χ2v) is 7.13. The Balaban J connectivity index is 0.00000158. The molecule has 0 aromatic carbocycles. The summed E-state index contributed by atoms with van der Waals surface area (Å²) in [6, 6.07) is 4.31. The molecular formula is C21H24F3N9O. The number of anilines is 2. The molecule has 0 atom stereocenters. The summed E-state index contributed by atoms with van der Waals surface area (Å²) in [7, 11) is 0. The number of halogens is 3. The topological polar surface area (TPSA) is 130 Å². The molecule has 3 N–H and O–H groups in total. The summed E-state index contributed by atoms with van der Waals surface area (Å²) in [6.07, 6.45) is -0.692. The van der Waals surface area contributed by atoms with Crippen LogP contribution in [-0.4, -0.2) is 62.1 Å². The molecule has 0 bridgehead atoms. The minimum absolute atomic E-state index is 0.135. The number of hydrogen-bond acceptors (Lipinski definition) is 7. The van der Waals surface area contributed by atoms with E-state index < -0.39 is 17.6 Å². The molecule has 180 valence electrons. The van der Waals surface area contributed by atoms with Gasteiger partial charge in [0.1, 0.15) is 17.6 Å². The third-order valence-corrected chi connectivity index (χ3v) is 5.09. The highest BCUT2D eigenvalue weighted by atomic mass is 19.4. The molecule has 0 saturated carbocycles. The van der Waals surface area contributed by atoms with Crippen LogP contribution in [0.5, 0.6) is 0 Å². The number of pyridine rings is 1. The second-order valence-electron chi connectivity index (χ2n) is 7.13. The van der Waals surface area contributed by atoms with E-state index in [0.717, 1.165) is 12.3 Å². The van der Waals surface area contributed by atoms with Crippen molar-refractivity contribution in [1.29, 1.82) is 5.26 Å². The summed E-state index contributed by atoms with van der Waals surface area (Å²) < 4.78 is 38.1. The van der Waals surface area contributed by atoms with Crippen LogP contribution < -0.4 is 10.2 Å². The predicted molar refractivity (Wildman–Crippen MR) is 118 cm³/mol. The number of carbonyl (C=O) groups excluding carboxylic acids is 1. The lowest BCUT2D eigenvalue weighted by Crippen LogP contribution is -2.46. The Hall–Kier alpha value is -3.92. The zero-order valence-electron chi connectivity index (χ0n) is 18.6. The molecule has 1 fully saturated rings. The molecule has 34 heavy (non-hydrogen) atoms. The van der Waals surface area contributed by atoms with Crippen molar-refractivity contribution in [2.24, 2.45) is 0 Å². The van der Waals surface area contributed by atoms with Gasteiger partial charge in [-0.3, -0.25) is 14.8 Å². The fourth-order valence-corrected chi connectivity index (χ4v) is 3.39. The van der Waals surface area contributed by atoms with Crippen molar-refractivity contribution in [2.45, 2.75) is 26.6 Å². The highest BCUT2D eigenvalue weighted by Gasteiger charge is 2.31. The van der Waals surface area contributed by atoms with Gasteiger partial charge < -0.3 is 15.2 Å². The van der Waals surface area contributed by atoms with Crippen LogP contribution >= 0.6 is 0 Å². The maximum atomic E-state index is 12.7. The van der Waals surface area contributed by atoms with Crippen molar-refractivity contribution in [3.63, 3.8) is 0 Å². The number of amides is 1. The molecule has 1 aliphatic heterocycles. The zero-order chi connectivity index (χ0) is 24.7. The number of nitrogens with zero attached hydrogens (tertiary/aromatic N) is 6. The molecule has 13 heteroatoms. The largest absolute Gasteiger partial charge is 0.417 e. The van der Waals surface area contributed by atoms with E-state index in [4.69, 9.17) is 5.26 Å². The van der Waals surface area contributed by atoms with Crippen molar-refractivity contribution in [3.8, 4) is 6.07 Å². The number of aromatic nitrogens is 5. The first-order valence-electron chi connectivity index (χ1n) is 10.6. The third kappa shape index (κ3) is 5.70. The van der Waals surface area contributed by atoms with E-state index >= 15 is 0 Å². The monoisotopic (exact) mass is 475 g/mol. The van der Waals surface area contributed by atoms with Gasteiger partial charge in [0.05, 0.1) is 18.1 Å². The Kier molecular flexibility index (Phi) is 7.85. The number of nitriles is 1. The zero-order valence-corrected chi connectivity index (χ0v) is 18.6. The maximum Gasteiger partial charge on any atom is 0.417 e. The number of piperazine rings is 1. The van der Waals surface area contributed by atoms with Crippen LogP contribution in [0.25, 0.3) is 0 Å². The number of hydrogen-bond donors (Lipinski definition) is 3. The predicted octanol–water partition coefficient (Wildman–Crippen LogP) is 3.02. The Morgan fingerprint density at radius 2 is 1.91 bits per heavy atom. The van der Waals surface area contributed by atoms with Crippen LogP contribution in [0, 0.1) is 11.3 Å². The molecule has 1 aliphatic rings. The van der Waals surface area contributed by atoms with E-state index in [1.807, 2.05) is 24.8 Å². The molecule has 1 saturated heterocycles. The first-order valence-corrected chi connectivity index (χ1v) is 10.6. The van der Waals surface area contributed by atoms with Gasteiger partial charge in [0.25, 0.3) is 5.91 Å². The van der Waals surface area contributed by atoms with Crippen LogP contribution in [0.2, 0.25) is 0 Å². The second kappa shape index (κ2) is 10.8. The number of rotatable bonds is 5. The van der Waals surface area contributed by atoms with E-state index in [-0.39, 0.29) is 17.2 Å². The Morgan fingerprint density at radius 1 is 1.18 bits per heavy atom. The summed E-state index contributed by atoms with van der Waals surface area (Å²) in [5, 5.41) is 18.2. The van der Waals surface area contributed by atoms with Crippen molar-refractivity contribution >= 4 is 17.5 Å². The van der Waals surface area contributed by atoms with E-state index in [1.165, 1.54) is 12.4 Å². The normalized spacial score (nSPS) is 14.2. The molecule has 3 aromatic rings. The van der Waals surface area contributed by atoms with Crippen LogP contribution in [-0.2, 0) is 12.7 Å². The standard InChI is InChI=1S/C19H18F3N9O.C2H6/c20-19(21,22)13-1-2-15(24-9-13)31-5-3-30(4-6-31)10-12-8-27-29-16(12)18(32)28-17-14(7-23)25-11-26-17;1-2/h1-2,8-9,11H,3-6,10H2,(H,25,26)(H,27,29)(H,28,32);1-2H3. The summed E-state index contributed by atoms with van der Waals surface area (Å²) >= 11 is 0. The molecule has 1 amide bonds. The number of H-pyrrole nitrogens is 2. The van der Waals surface area contributed by atoms with Crippen molar-refractivity contribution < 1.29 is 18.0 Å². The smallest absolute Gasteiger partial charge is 0.354 e. The van der Waals surface area contributed by atoms with Gasteiger partial charge in [0.2, 0.25) is 0 Å². The molecule has 0 aliphatic carbocycles. The third-order valence-electron chi connectivity index (χ3n) is 5.09. The van der Waals surface area contributed by atoms with E-state index in [2.05, 4.69) is 35.4 Å². The van der Waals surface area contributed by atoms with E-state index in [0.29, 0.717) is 44.1 Å². The van der Waals surface area contributed by atoms with Crippen molar-refractivity contribution in [2.75, 3.05) is 36.4 Å². The van der Waals surface area contributed by atoms with Crippen LogP contribution in [0.3, 0.4) is 0 Å². The fourth-order valence-electron chi connectivity index (χ4n) is 3.39. The highest BCUT2D eigenvalue weighted by molar-refractivity contribution is 6.03. The molecule has 0 spiro atoms. The van der Waals surface area contributed by atoms with Gasteiger partial charge in [0.15, 0.2) is 11.5 Å². The van der Waals surface area contributed by atoms with Gasteiger partial charge >= 0.3 is 6.18 Å². The molecular weight excluding hydrogens is 451 g/mol. The Labute approximate surface area is 193 Å². The first-order chi connectivity index (χ1) is 16.3. The van der Waals surface area contributed by atoms with Gasteiger partial charge in [-0.05, 0) is 12.1 Å². The number of imidazole rings is 1. The number of carbonyl (C=O) groups is 1. The fraction of sp³-hybridized carbons (Fsp3) is 0.381. The van der Waals surface area contributed by atoms with Gasteiger partial charge in [-0.1, -0.05) is 13.8 Å². The van der Waals surface area contributed by atoms with Crippen LogP contribution in [0.4, 0.5) is 24.8 Å². The number of aromatic amines is 2. The Bertz CT molecular complexity index is 1120. The van der Waals surface area contributed by atoms with Crippen molar-refractivity contribution in [1.82, 2.24) is 30.0 Å². The lowest BCUT2D eigenvalue weighted by Gasteiger charge is -2.35. The van der Waals surface area contributed by atoms with Gasteiger partial charge in [-0.2, -0.15) is 23.5 Å². The van der Waals surface area contributed by atoms with E-state index in [9.17, 15) is 18.0 Å². The van der Waals surface area contributed by atoms with E-state index in [1.54, 1.807) is 6.20 Å². The SMILES string of the molecule is CC.N#Cc1[nH]cnc1NC(=O)c1[nH]ncc1CN1CCN(c2ccc(C(F)(F)F)cn2)CC1. The summed E-state index contributed by atoms with van der Waals surface area (Å²) in [5.41, 5.74) is 0.316. The molecule has 0 unspecified atom stereocenters. The Morgan fingerprint density at radius 3 is 2.53 bits per heavy atom. The minimum Gasteiger partial charge on any atom is -0.354 e. The average molecular weight is 475 g/mol. The van der Waals surface area contributed by atoms with Crippen LogP contribution in [0.1, 0.15) is 41.2 Å². The molecule has 4 heterocycles. The van der Waals surface area contributed by atoms with Crippen molar-refractivity contribution in [3.05, 3.63) is 53.4 Å². The lowest BCUT2D eigenvalue weighted by atomic mass is 10.2. The average Bonchev–Trinajstić information content (AvgIpc) is 3.49. The quantitative estimate of drug-likeness (QED) is 0.517. The summed E-state index contributed by atoms with van der Waals surface area (Å²) in [6.45, 7) is 6.88. The summed E-state index contributed by atoms with van der Waals surface area (Å²) in [4.78, 5) is 27.1. The maximum absolute atomic E-state index is 12.7. The summed E-state index contributed by atoms with van der Waals surface area (Å²) in [5.74, 6) is 0.165. The van der Waals surface area contributed by atoms with Gasteiger partial charge in [-0.25, -0.2) is 9.97 Å². The molecule has 0 radical (unpaired) electrons. The minimum atomic E-state index is -4.41. The molecule has 10 nitrogen and oxygen atoms in total. The lowest BCUT2D eigenvalue weighted by molar-refractivity contribution is -0.137. The van der Waals surface area contributed by atoms with Gasteiger partial charge in [0, 0.05) is 44.5 Å². The highest BCUT2D eigenvalue weighted by Crippen LogP contribution is 2.29. The van der Waals surface area contributed by atoms with Gasteiger partial charge in [-0.15, -0.1) is 0 Å².